The molecule has 1 aromatic rings. The van der Waals surface area contributed by atoms with Gasteiger partial charge in [0.25, 0.3) is 5.91 Å². The van der Waals surface area contributed by atoms with E-state index in [1.807, 2.05) is 0 Å². The first-order valence-corrected chi connectivity index (χ1v) is 5.59. The van der Waals surface area contributed by atoms with Crippen LogP contribution in [0.1, 0.15) is 29.6 Å². The van der Waals surface area contributed by atoms with Crippen molar-refractivity contribution in [2.45, 2.75) is 19.3 Å². The molecule has 0 aromatic heterocycles. The fourth-order valence-corrected chi connectivity index (χ4v) is 1.45. The average molecular weight is 242 g/mol. The lowest BCUT2D eigenvalue weighted by atomic mass is 10.1. The van der Waals surface area contributed by atoms with E-state index < -0.39 is 23.1 Å². The van der Waals surface area contributed by atoms with Gasteiger partial charge in [0.2, 0.25) is 0 Å². The molecule has 1 rings (SSSR count). The summed E-state index contributed by atoms with van der Waals surface area (Å²) in [6.07, 6.45) is 2.51. The number of unbranched alkanes of at least 4 members (excludes halogenated alkanes) is 2. The maximum Gasteiger partial charge on any atom is 0.257 e. The zero-order chi connectivity index (χ0) is 12.7. The molecule has 0 unspecified atom stereocenters. The number of benzene rings is 1. The lowest BCUT2D eigenvalue weighted by Crippen LogP contribution is -2.26. The van der Waals surface area contributed by atoms with E-state index in [4.69, 9.17) is 5.73 Å². The highest BCUT2D eigenvalue weighted by Gasteiger charge is 2.15. The Morgan fingerprint density at radius 2 is 1.82 bits per heavy atom. The van der Waals surface area contributed by atoms with Crippen LogP contribution in [0.3, 0.4) is 0 Å². The molecule has 0 saturated heterocycles. The molecular formula is C12H16F2N2O. The van der Waals surface area contributed by atoms with E-state index in [0.29, 0.717) is 13.1 Å². The van der Waals surface area contributed by atoms with E-state index >= 15 is 0 Å². The number of nitrogens with one attached hydrogen (secondary N) is 1. The van der Waals surface area contributed by atoms with Gasteiger partial charge in [-0.2, -0.15) is 0 Å². The van der Waals surface area contributed by atoms with Crippen LogP contribution in [0.2, 0.25) is 0 Å². The Balaban J connectivity index is 2.47. The lowest BCUT2D eigenvalue weighted by Gasteiger charge is -2.06. The van der Waals surface area contributed by atoms with Gasteiger partial charge in [-0.15, -0.1) is 0 Å². The first-order valence-electron chi connectivity index (χ1n) is 5.59. The van der Waals surface area contributed by atoms with Crippen LogP contribution in [-0.4, -0.2) is 19.0 Å². The molecule has 0 fully saturated rings. The van der Waals surface area contributed by atoms with Gasteiger partial charge in [-0.1, -0.05) is 12.5 Å². The molecule has 94 valence electrons. The summed E-state index contributed by atoms with van der Waals surface area (Å²) >= 11 is 0. The number of halogens is 2. The van der Waals surface area contributed by atoms with Crippen LogP contribution in [-0.2, 0) is 0 Å². The fraction of sp³-hybridized carbons (Fsp3) is 0.417. The van der Waals surface area contributed by atoms with Crippen LogP contribution in [0.4, 0.5) is 8.78 Å². The molecule has 0 atom stereocenters. The third kappa shape index (κ3) is 4.11. The molecule has 17 heavy (non-hydrogen) atoms. The van der Waals surface area contributed by atoms with Crippen molar-refractivity contribution in [1.29, 1.82) is 0 Å². The van der Waals surface area contributed by atoms with Gasteiger partial charge in [0, 0.05) is 6.54 Å². The molecule has 5 heteroatoms. The van der Waals surface area contributed by atoms with Crippen molar-refractivity contribution in [3.63, 3.8) is 0 Å². The minimum absolute atomic E-state index is 0.395. The van der Waals surface area contributed by atoms with Crippen molar-refractivity contribution in [2.24, 2.45) is 5.73 Å². The predicted molar refractivity (Wildman–Crippen MR) is 61.6 cm³/mol. The molecule has 0 spiro atoms. The number of carbonyl (C=O) groups excluding carboxylic acids is 1. The number of carbonyl (C=O) groups is 1. The monoisotopic (exact) mass is 242 g/mol. The minimum Gasteiger partial charge on any atom is -0.352 e. The Kier molecular flexibility index (Phi) is 5.56. The van der Waals surface area contributed by atoms with Crippen LogP contribution in [0.15, 0.2) is 18.2 Å². The fourth-order valence-electron chi connectivity index (χ4n) is 1.45. The lowest BCUT2D eigenvalue weighted by molar-refractivity contribution is 0.0944. The Labute approximate surface area is 99.0 Å². The van der Waals surface area contributed by atoms with Crippen molar-refractivity contribution in [3.8, 4) is 0 Å². The van der Waals surface area contributed by atoms with Gasteiger partial charge < -0.3 is 11.1 Å². The van der Waals surface area contributed by atoms with Crippen LogP contribution >= 0.6 is 0 Å². The van der Waals surface area contributed by atoms with Gasteiger partial charge >= 0.3 is 0 Å². The van der Waals surface area contributed by atoms with E-state index in [1.54, 1.807) is 0 Å². The molecule has 0 radical (unpaired) electrons. The van der Waals surface area contributed by atoms with E-state index in [9.17, 15) is 13.6 Å². The summed E-state index contributed by atoms with van der Waals surface area (Å²) < 4.78 is 26.4. The van der Waals surface area contributed by atoms with Crippen LogP contribution in [0.25, 0.3) is 0 Å². The van der Waals surface area contributed by atoms with Crippen molar-refractivity contribution < 1.29 is 13.6 Å². The predicted octanol–water partition coefficient (Wildman–Crippen LogP) is 1.82. The topological polar surface area (TPSA) is 55.1 Å². The molecule has 0 aliphatic heterocycles. The molecule has 0 saturated carbocycles. The standard InChI is InChI=1S/C12H16F2N2O/c13-9-5-4-6-10(14)11(9)12(17)16-8-3-1-2-7-15/h4-6H,1-3,7-8,15H2,(H,16,17). The molecular weight excluding hydrogens is 226 g/mol. The molecule has 1 amide bonds. The zero-order valence-corrected chi connectivity index (χ0v) is 9.51. The van der Waals surface area contributed by atoms with Crippen LogP contribution in [0, 0.1) is 11.6 Å². The maximum absolute atomic E-state index is 13.2. The second-order valence-corrected chi connectivity index (χ2v) is 3.70. The first-order chi connectivity index (χ1) is 8.16. The molecule has 3 nitrogen and oxygen atoms in total. The summed E-state index contributed by atoms with van der Waals surface area (Å²) in [6.45, 7) is 1.00. The number of hydrogen-bond acceptors (Lipinski definition) is 2. The smallest absolute Gasteiger partial charge is 0.257 e. The van der Waals surface area contributed by atoms with E-state index in [2.05, 4.69) is 5.32 Å². The van der Waals surface area contributed by atoms with Crippen molar-refractivity contribution >= 4 is 5.91 Å². The number of amides is 1. The maximum atomic E-state index is 13.2. The summed E-state index contributed by atoms with van der Waals surface area (Å²) in [4.78, 5) is 11.5. The minimum atomic E-state index is -0.843. The van der Waals surface area contributed by atoms with Crippen molar-refractivity contribution in [2.75, 3.05) is 13.1 Å². The summed E-state index contributed by atoms with van der Waals surface area (Å²) in [5.74, 6) is -2.40. The molecule has 0 aliphatic rings. The second kappa shape index (κ2) is 6.96. The number of hydrogen-bond donors (Lipinski definition) is 2. The van der Waals surface area contributed by atoms with Crippen molar-refractivity contribution in [3.05, 3.63) is 35.4 Å². The zero-order valence-electron chi connectivity index (χ0n) is 9.51. The normalized spacial score (nSPS) is 10.3. The molecule has 3 N–H and O–H groups in total. The second-order valence-electron chi connectivity index (χ2n) is 3.70. The van der Waals surface area contributed by atoms with E-state index in [-0.39, 0.29) is 0 Å². The van der Waals surface area contributed by atoms with E-state index in [1.165, 1.54) is 6.07 Å². The van der Waals surface area contributed by atoms with Crippen LogP contribution in [0.5, 0.6) is 0 Å². The first kappa shape index (κ1) is 13.6. The Bertz CT molecular complexity index is 363. The van der Waals surface area contributed by atoms with E-state index in [0.717, 1.165) is 31.4 Å². The molecule has 0 aliphatic carbocycles. The third-order valence-electron chi connectivity index (χ3n) is 2.36. The summed E-state index contributed by atoms with van der Waals surface area (Å²) in [5.41, 5.74) is 4.79. The van der Waals surface area contributed by atoms with Gasteiger partial charge in [0.05, 0.1) is 0 Å². The third-order valence-corrected chi connectivity index (χ3v) is 2.36. The van der Waals surface area contributed by atoms with Gasteiger partial charge in [-0.3, -0.25) is 4.79 Å². The highest BCUT2D eigenvalue weighted by molar-refractivity contribution is 5.94. The molecule has 0 heterocycles. The highest BCUT2D eigenvalue weighted by atomic mass is 19.1. The van der Waals surface area contributed by atoms with Crippen molar-refractivity contribution in [1.82, 2.24) is 5.32 Å². The van der Waals surface area contributed by atoms with Gasteiger partial charge in [-0.25, -0.2) is 8.78 Å². The quantitative estimate of drug-likeness (QED) is 0.748. The van der Waals surface area contributed by atoms with Gasteiger partial charge in [0.15, 0.2) is 0 Å². The summed E-state index contributed by atoms with van der Waals surface area (Å²) in [6, 6.07) is 3.35. The molecule has 1 aromatic carbocycles. The largest absolute Gasteiger partial charge is 0.352 e. The highest BCUT2D eigenvalue weighted by Crippen LogP contribution is 2.11. The number of nitrogens with two attached hydrogens (primary N) is 1. The molecule has 0 bridgehead atoms. The van der Waals surface area contributed by atoms with Crippen LogP contribution < -0.4 is 11.1 Å². The SMILES string of the molecule is NCCCCCNC(=O)c1c(F)cccc1F. The van der Waals surface area contributed by atoms with Gasteiger partial charge in [-0.05, 0) is 31.5 Å². The average Bonchev–Trinajstić information content (AvgIpc) is 2.28. The summed E-state index contributed by atoms with van der Waals surface area (Å²) in [5, 5.41) is 2.48. The summed E-state index contributed by atoms with van der Waals surface area (Å²) in [7, 11) is 0. The van der Waals surface area contributed by atoms with Gasteiger partial charge in [0.1, 0.15) is 17.2 Å². The Morgan fingerprint density at radius 1 is 1.18 bits per heavy atom. The Hall–Kier alpha value is -1.49. The number of rotatable bonds is 6. The Morgan fingerprint density at radius 3 is 2.41 bits per heavy atom.